The van der Waals surface area contributed by atoms with Crippen LogP contribution >= 0.6 is 11.6 Å². The Labute approximate surface area is 132 Å². The summed E-state index contributed by atoms with van der Waals surface area (Å²) < 4.78 is 2.41. The molecule has 3 unspecified atom stereocenters. The quantitative estimate of drug-likeness (QED) is 0.628. The molecule has 3 rings (SSSR count). The van der Waals surface area contributed by atoms with Crippen molar-refractivity contribution in [2.45, 2.75) is 63.9 Å². The van der Waals surface area contributed by atoms with Crippen LogP contribution in [0.15, 0.2) is 6.07 Å². The molecule has 0 aromatic carbocycles. The SMILES string of the molecule is Cc1cc(C(=O)C(C)Cl)c(C)n1C1CCN2CCCCC12. The third-order valence-corrected chi connectivity index (χ3v) is 5.46. The highest BCUT2D eigenvalue weighted by atomic mass is 35.5. The highest BCUT2D eigenvalue weighted by Crippen LogP contribution is 2.37. The van der Waals surface area contributed by atoms with Gasteiger partial charge in [0.1, 0.15) is 0 Å². The summed E-state index contributed by atoms with van der Waals surface area (Å²) in [6.45, 7) is 8.39. The molecule has 1 aromatic rings. The van der Waals surface area contributed by atoms with E-state index in [0.717, 1.165) is 11.3 Å². The molecule has 21 heavy (non-hydrogen) atoms. The van der Waals surface area contributed by atoms with E-state index in [4.69, 9.17) is 11.6 Å². The van der Waals surface area contributed by atoms with Crippen molar-refractivity contribution in [2.24, 2.45) is 0 Å². The zero-order valence-corrected chi connectivity index (χ0v) is 14.0. The minimum Gasteiger partial charge on any atom is -0.344 e. The topological polar surface area (TPSA) is 25.2 Å². The first-order chi connectivity index (χ1) is 10.0. The zero-order chi connectivity index (χ0) is 15.1. The molecule has 3 heterocycles. The highest BCUT2D eigenvalue weighted by Gasteiger charge is 2.38. The van der Waals surface area contributed by atoms with Gasteiger partial charge in [-0.15, -0.1) is 11.6 Å². The number of carbonyl (C=O) groups is 1. The van der Waals surface area contributed by atoms with E-state index in [9.17, 15) is 4.79 Å². The summed E-state index contributed by atoms with van der Waals surface area (Å²) >= 11 is 6.00. The van der Waals surface area contributed by atoms with E-state index in [0.29, 0.717) is 12.1 Å². The van der Waals surface area contributed by atoms with Gasteiger partial charge in [-0.25, -0.2) is 0 Å². The van der Waals surface area contributed by atoms with Gasteiger partial charge in [0.15, 0.2) is 5.78 Å². The van der Waals surface area contributed by atoms with E-state index in [2.05, 4.69) is 23.3 Å². The summed E-state index contributed by atoms with van der Waals surface area (Å²) in [5.41, 5.74) is 3.11. The van der Waals surface area contributed by atoms with E-state index >= 15 is 0 Å². The first kappa shape index (κ1) is 15.1. The van der Waals surface area contributed by atoms with Crippen LogP contribution in [0.1, 0.15) is 60.4 Å². The van der Waals surface area contributed by atoms with Crippen LogP contribution in [0.2, 0.25) is 0 Å². The van der Waals surface area contributed by atoms with Gasteiger partial charge in [-0.3, -0.25) is 9.69 Å². The Morgan fingerprint density at radius 2 is 2.00 bits per heavy atom. The summed E-state index contributed by atoms with van der Waals surface area (Å²) in [5, 5.41) is -0.450. The van der Waals surface area contributed by atoms with Crippen LogP contribution < -0.4 is 0 Å². The number of nitrogens with zero attached hydrogens (tertiary/aromatic N) is 2. The highest BCUT2D eigenvalue weighted by molar-refractivity contribution is 6.33. The number of piperidine rings is 1. The molecular weight excluding hydrogens is 284 g/mol. The average molecular weight is 309 g/mol. The number of rotatable bonds is 3. The van der Waals surface area contributed by atoms with Crippen LogP contribution in [-0.4, -0.2) is 39.8 Å². The molecule has 1 aromatic heterocycles. The van der Waals surface area contributed by atoms with Gasteiger partial charge < -0.3 is 4.57 Å². The van der Waals surface area contributed by atoms with Crippen molar-refractivity contribution in [3.63, 3.8) is 0 Å². The number of aromatic nitrogens is 1. The van der Waals surface area contributed by atoms with E-state index in [1.54, 1.807) is 6.92 Å². The molecule has 116 valence electrons. The molecule has 0 bridgehead atoms. The molecule has 3 nitrogen and oxygen atoms in total. The lowest BCUT2D eigenvalue weighted by atomic mass is 9.98. The summed E-state index contributed by atoms with van der Waals surface area (Å²) in [5.74, 6) is 0.0505. The Morgan fingerprint density at radius 1 is 1.24 bits per heavy atom. The standard InChI is InChI=1S/C17H25ClN2O/c1-11-10-14(17(21)12(2)18)13(3)20(11)16-7-9-19-8-5-4-6-15(16)19/h10,12,15-16H,4-9H2,1-3H3. The summed E-state index contributed by atoms with van der Waals surface area (Å²) in [6.07, 6.45) is 5.16. The molecule has 4 heteroatoms. The smallest absolute Gasteiger partial charge is 0.182 e. The molecule has 0 saturated carbocycles. The molecular formula is C17H25ClN2O. The minimum absolute atomic E-state index is 0.0505. The van der Waals surface area contributed by atoms with Crippen LogP contribution in [0.5, 0.6) is 0 Å². The van der Waals surface area contributed by atoms with Crippen LogP contribution in [0.25, 0.3) is 0 Å². The first-order valence-corrected chi connectivity index (χ1v) is 8.55. The van der Waals surface area contributed by atoms with Crippen LogP contribution in [0.3, 0.4) is 0 Å². The summed E-state index contributed by atoms with van der Waals surface area (Å²) in [4.78, 5) is 14.9. The summed E-state index contributed by atoms with van der Waals surface area (Å²) in [6, 6.07) is 3.21. The molecule has 2 aliphatic heterocycles. The number of fused-ring (bicyclic) bond motifs is 1. The number of hydrogen-bond acceptors (Lipinski definition) is 2. The Kier molecular flexibility index (Phi) is 4.15. The molecule has 0 spiro atoms. The van der Waals surface area contributed by atoms with Crippen molar-refractivity contribution in [1.82, 2.24) is 9.47 Å². The zero-order valence-electron chi connectivity index (χ0n) is 13.2. The van der Waals surface area contributed by atoms with E-state index < -0.39 is 5.38 Å². The fourth-order valence-electron chi connectivity index (χ4n) is 4.27. The molecule has 0 N–H and O–H groups in total. The average Bonchev–Trinajstić information content (AvgIpc) is 2.99. The number of ketones is 1. The Hall–Kier alpha value is -0.800. The van der Waals surface area contributed by atoms with Gasteiger partial charge in [-0.05, 0) is 52.6 Å². The second-order valence-corrected chi connectivity index (χ2v) is 7.24. The number of Topliss-reactive ketones (excluding diaryl/α,β-unsaturated/α-hetero) is 1. The minimum atomic E-state index is -0.450. The van der Waals surface area contributed by atoms with Crippen LogP contribution in [-0.2, 0) is 0 Å². The molecule has 0 aliphatic carbocycles. The third kappa shape index (κ3) is 2.55. The van der Waals surface area contributed by atoms with Crippen LogP contribution in [0.4, 0.5) is 0 Å². The van der Waals surface area contributed by atoms with Gasteiger partial charge in [0.05, 0.1) is 11.4 Å². The van der Waals surface area contributed by atoms with Crippen molar-refractivity contribution in [3.8, 4) is 0 Å². The van der Waals surface area contributed by atoms with Gasteiger partial charge in [-0.1, -0.05) is 6.42 Å². The monoisotopic (exact) mass is 308 g/mol. The van der Waals surface area contributed by atoms with Gasteiger partial charge in [-0.2, -0.15) is 0 Å². The fourth-order valence-corrected chi connectivity index (χ4v) is 4.39. The van der Waals surface area contributed by atoms with Crippen molar-refractivity contribution >= 4 is 17.4 Å². The lowest BCUT2D eigenvalue weighted by molar-refractivity contribution is 0.0990. The predicted molar refractivity (Wildman–Crippen MR) is 86.4 cm³/mol. The van der Waals surface area contributed by atoms with Crippen molar-refractivity contribution in [2.75, 3.05) is 13.1 Å². The normalized spacial score (nSPS) is 27.6. The first-order valence-electron chi connectivity index (χ1n) is 8.11. The molecule has 3 atom stereocenters. The lowest BCUT2D eigenvalue weighted by Gasteiger charge is -2.34. The van der Waals surface area contributed by atoms with Crippen molar-refractivity contribution in [1.29, 1.82) is 0 Å². The lowest BCUT2D eigenvalue weighted by Crippen LogP contribution is -2.38. The molecule has 2 fully saturated rings. The van der Waals surface area contributed by atoms with E-state index in [-0.39, 0.29) is 5.78 Å². The molecule has 0 amide bonds. The fraction of sp³-hybridized carbons (Fsp3) is 0.706. The maximum atomic E-state index is 12.3. The predicted octanol–water partition coefficient (Wildman–Crippen LogP) is 3.71. The van der Waals surface area contributed by atoms with Crippen molar-refractivity contribution < 1.29 is 4.79 Å². The van der Waals surface area contributed by atoms with Gasteiger partial charge in [0.25, 0.3) is 0 Å². The third-order valence-electron chi connectivity index (χ3n) is 5.26. The number of halogens is 1. The number of carbonyl (C=O) groups excluding carboxylic acids is 1. The maximum Gasteiger partial charge on any atom is 0.182 e. The van der Waals surface area contributed by atoms with Gasteiger partial charge >= 0.3 is 0 Å². The number of aryl methyl sites for hydroxylation is 1. The maximum absolute atomic E-state index is 12.3. The van der Waals surface area contributed by atoms with Gasteiger partial charge in [0.2, 0.25) is 0 Å². The van der Waals surface area contributed by atoms with E-state index in [1.807, 2.05) is 6.07 Å². The van der Waals surface area contributed by atoms with E-state index in [1.165, 1.54) is 44.5 Å². The molecule has 2 aliphatic rings. The largest absolute Gasteiger partial charge is 0.344 e. The Balaban J connectivity index is 1.94. The summed E-state index contributed by atoms with van der Waals surface area (Å²) in [7, 11) is 0. The Bertz CT molecular complexity index is 549. The number of alkyl halides is 1. The van der Waals surface area contributed by atoms with Gasteiger partial charge in [0, 0.05) is 29.5 Å². The van der Waals surface area contributed by atoms with Crippen LogP contribution in [0, 0.1) is 13.8 Å². The Morgan fingerprint density at radius 3 is 2.71 bits per heavy atom. The number of hydrogen-bond donors (Lipinski definition) is 0. The molecule has 2 saturated heterocycles. The molecule has 0 radical (unpaired) electrons. The second-order valence-electron chi connectivity index (χ2n) is 6.59. The second kappa shape index (κ2) is 5.77. The van der Waals surface area contributed by atoms with Crippen molar-refractivity contribution in [3.05, 3.63) is 23.0 Å².